The second-order valence-electron chi connectivity index (χ2n) is 3.41. The van der Waals surface area contributed by atoms with Gasteiger partial charge in [-0.1, -0.05) is 23.4 Å². The summed E-state index contributed by atoms with van der Waals surface area (Å²) >= 11 is 9.18. The first-order valence-corrected chi connectivity index (χ1v) is 7.53. The molecule has 0 unspecified atom stereocenters. The second kappa shape index (κ2) is 6.81. The molecule has 2 aromatic heterocycles. The van der Waals surface area contributed by atoms with Crippen LogP contribution < -0.4 is 5.73 Å². The average molecular weight is 295 g/mol. The van der Waals surface area contributed by atoms with Crippen LogP contribution >= 0.6 is 34.7 Å². The SMILES string of the molecule is NCC#Cc1csc(CSc2ccc(Cl)cn2)c1. The van der Waals surface area contributed by atoms with Crippen LogP contribution in [0.4, 0.5) is 0 Å². The third kappa shape index (κ3) is 4.04. The lowest BCUT2D eigenvalue weighted by Gasteiger charge is -1.98. The minimum atomic E-state index is 0.397. The van der Waals surface area contributed by atoms with E-state index in [1.165, 1.54) is 4.88 Å². The lowest BCUT2D eigenvalue weighted by Crippen LogP contribution is -1.92. The standard InChI is InChI=1S/C13H11ClN2S2/c14-11-3-4-13(16-7-11)18-9-12-6-10(8-17-12)2-1-5-15/h3-4,6-8H,5,9,15H2. The van der Waals surface area contributed by atoms with Crippen molar-refractivity contribution in [1.82, 2.24) is 4.98 Å². The number of nitrogens with zero attached hydrogens (tertiary/aromatic N) is 1. The van der Waals surface area contributed by atoms with Gasteiger partial charge in [-0.25, -0.2) is 4.98 Å². The fraction of sp³-hybridized carbons (Fsp3) is 0.154. The first kappa shape index (κ1) is 13.4. The zero-order valence-electron chi connectivity index (χ0n) is 9.52. The topological polar surface area (TPSA) is 38.9 Å². The summed E-state index contributed by atoms with van der Waals surface area (Å²) in [7, 11) is 0. The van der Waals surface area contributed by atoms with Crippen LogP contribution in [0.15, 0.2) is 34.8 Å². The van der Waals surface area contributed by atoms with Crippen LogP contribution in [0.5, 0.6) is 0 Å². The molecule has 0 aliphatic heterocycles. The minimum Gasteiger partial charge on any atom is -0.320 e. The van der Waals surface area contributed by atoms with Gasteiger partial charge in [0.1, 0.15) is 0 Å². The van der Waals surface area contributed by atoms with Crippen molar-refractivity contribution in [3.05, 3.63) is 45.2 Å². The van der Waals surface area contributed by atoms with Crippen molar-refractivity contribution >= 4 is 34.7 Å². The molecule has 18 heavy (non-hydrogen) atoms. The van der Waals surface area contributed by atoms with E-state index in [1.54, 1.807) is 29.3 Å². The number of thiophene rings is 1. The molecule has 0 aromatic carbocycles. The number of thioether (sulfide) groups is 1. The van der Waals surface area contributed by atoms with Gasteiger partial charge in [0.25, 0.3) is 0 Å². The van der Waals surface area contributed by atoms with Gasteiger partial charge in [0.15, 0.2) is 0 Å². The second-order valence-corrected chi connectivity index (χ2v) is 5.84. The van der Waals surface area contributed by atoms with E-state index in [9.17, 15) is 0 Å². The van der Waals surface area contributed by atoms with Gasteiger partial charge >= 0.3 is 0 Å². The van der Waals surface area contributed by atoms with Crippen LogP contribution in [0.1, 0.15) is 10.4 Å². The van der Waals surface area contributed by atoms with E-state index in [1.807, 2.05) is 17.5 Å². The van der Waals surface area contributed by atoms with Crippen LogP contribution in [0, 0.1) is 11.8 Å². The number of hydrogen-bond donors (Lipinski definition) is 1. The first-order valence-electron chi connectivity index (χ1n) is 5.28. The molecule has 2 rings (SSSR count). The van der Waals surface area contributed by atoms with E-state index >= 15 is 0 Å². The van der Waals surface area contributed by atoms with Crippen molar-refractivity contribution in [2.45, 2.75) is 10.8 Å². The Morgan fingerprint density at radius 3 is 3.06 bits per heavy atom. The zero-order valence-corrected chi connectivity index (χ0v) is 11.9. The summed E-state index contributed by atoms with van der Waals surface area (Å²) in [4.78, 5) is 5.52. The van der Waals surface area contributed by atoms with Gasteiger partial charge in [0.2, 0.25) is 0 Å². The molecule has 5 heteroatoms. The Bertz CT molecular complexity index is 567. The van der Waals surface area contributed by atoms with E-state index in [0.717, 1.165) is 16.3 Å². The highest BCUT2D eigenvalue weighted by Gasteiger charge is 2.01. The Kier molecular flexibility index (Phi) is 5.09. The van der Waals surface area contributed by atoms with E-state index in [0.29, 0.717) is 11.6 Å². The molecule has 0 aliphatic rings. The summed E-state index contributed by atoms with van der Waals surface area (Å²) in [5, 5.41) is 3.69. The molecule has 2 nitrogen and oxygen atoms in total. The molecular formula is C13H11ClN2S2. The molecule has 0 fully saturated rings. The Hall–Kier alpha value is -0.990. The fourth-order valence-corrected chi connectivity index (χ4v) is 3.09. The van der Waals surface area contributed by atoms with Gasteiger partial charge in [-0.05, 0) is 18.2 Å². The molecule has 0 saturated carbocycles. The summed E-state index contributed by atoms with van der Waals surface area (Å²) in [6.07, 6.45) is 1.66. The molecule has 0 atom stereocenters. The molecule has 2 heterocycles. The first-order chi connectivity index (χ1) is 8.78. The maximum absolute atomic E-state index is 5.79. The van der Waals surface area contributed by atoms with Crippen LogP contribution in [0.2, 0.25) is 5.02 Å². The van der Waals surface area contributed by atoms with Crippen LogP contribution in [0.3, 0.4) is 0 Å². The molecule has 0 spiro atoms. The van der Waals surface area contributed by atoms with Crippen molar-refractivity contribution in [1.29, 1.82) is 0 Å². The number of halogens is 1. The van der Waals surface area contributed by atoms with E-state index in [-0.39, 0.29) is 0 Å². The molecule has 0 bridgehead atoms. The van der Waals surface area contributed by atoms with Gasteiger partial charge in [0.05, 0.1) is 16.6 Å². The summed E-state index contributed by atoms with van der Waals surface area (Å²) in [6, 6.07) is 5.87. The van der Waals surface area contributed by atoms with Gasteiger partial charge in [-0.15, -0.1) is 23.1 Å². The molecule has 2 N–H and O–H groups in total. The Labute approximate surface area is 120 Å². The smallest absolute Gasteiger partial charge is 0.0964 e. The van der Waals surface area contributed by atoms with Crippen LogP contribution in [0.25, 0.3) is 0 Å². The highest BCUT2D eigenvalue weighted by molar-refractivity contribution is 7.98. The molecule has 0 radical (unpaired) electrons. The largest absolute Gasteiger partial charge is 0.320 e. The predicted octanol–water partition coefficient (Wildman–Crippen LogP) is 3.40. The normalized spacial score (nSPS) is 9.89. The molecule has 0 amide bonds. The fourth-order valence-electron chi connectivity index (χ4n) is 1.27. The van der Waals surface area contributed by atoms with E-state index < -0.39 is 0 Å². The molecular weight excluding hydrogens is 284 g/mol. The van der Waals surface area contributed by atoms with Crippen molar-refractivity contribution in [3.63, 3.8) is 0 Å². The van der Waals surface area contributed by atoms with Crippen LogP contribution in [-0.2, 0) is 5.75 Å². The minimum absolute atomic E-state index is 0.397. The van der Waals surface area contributed by atoms with Gasteiger partial charge in [0, 0.05) is 27.8 Å². The number of rotatable bonds is 3. The third-order valence-electron chi connectivity index (χ3n) is 2.05. The number of aromatic nitrogens is 1. The lowest BCUT2D eigenvalue weighted by atomic mass is 10.3. The summed E-state index contributed by atoms with van der Waals surface area (Å²) in [5.74, 6) is 6.76. The Morgan fingerprint density at radius 1 is 1.44 bits per heavy atom. The molecule has 92 valence electrons. The van der Waals surface area contributed by atoms with Crippen LogP contribution in [-0.4, -0.2) is 11.5 Å². The quantitative estimate of drug-likeness (QED) is 0.696. The maximum Gasteiger partial charge on any atom is 0.0964 e. The third-order valence-corrected chi connectivity index (χ3v) is 4.39. The Morgan fingerprint density at radius 2 is 2.33 bits per heavy atom. The van der Waals surface area contributed by atoms with E-state index in [4.69, 9.17) is 17.3 Å². The molecule has 2 aromatic rings. The van der Waals surface area contributed by atoms with Crippen molar-refractivity contribution < 1.29 is 0 Å². The van der Waals surface area contributed by atoms with Gasteiger partial charge in [-0.2, -0.15) is 0 Å². The predicted molar refractivity (Wildman–Crippen MR) is 79.1 cm³/mol. The lowest BCUT2D eigenvalue weighted by molar-refractivity contribution is 1.13. The van der Waals surface area contributed by atoms with Gasteiger partial charge in [-0.3, -0.25) is 0 Å². The molecule has 0 aliphatic carbocycles. The highest BCUT2D eigenvalue weighted by Crippen LogP contribution is 2.25. The summed E-state index contributed by atoms with van der Waals surface area (Å²) in [5.41, 5.74) is 6.37. The molecule has 0 saturated heterocycles. The number of nitrogens with two attached hydrogens (primary N) is 1. The zero-order chi connectivity index (χ0) is 12.8. The maximum atomic E-state index is 5.79. The number of pyridine rings is 1. The number of hydrogen-bond acceptors (Lipinski definition) is 4. The summed E-state index contributed by atoms with van der Waals surface area (Å²) < 4.78 is 0. The van der Waals surface area contributed by atoms with Crippen molar-refractivity contribution in [2.24, 2.45) is 5.73 Å². The highest BCUT2D eigenvalue weighted by atomic mass is 35.5. The van der Waals surface area contributed by atoms with Crippen molar-refractivity contribution in [2.75, 3.05) is 6.54 Å². The monoisotopic (exact) mass is 294 g/mol. The average Bonchev–Trinajstić information content (AvgIpc) is 2.84. The van der Waals surface area contributed by atoms with E-state index in [2.05, 4.69) is 22.9 Å². The Balaban J connectivity index is 1.94. The summed E-state index contributed by atoms with van der Waals surface area (Å²) in [6.45, 7) is 0.397. The van der Waals surface area contributed by atoms with Gasteiger partial charge < -0.3 is 5.73 Å². The van der Waals surface area contributed by atoms with Crippen molar-refractivity contribution in [3.8, 4) is 11.8 Å².